The van der Waals surface area contributed by atoms with Gasteiger partial charge in [-0.15, -0.1) is 0 Å². The Labute approximate surface area is 143 Å². The summed E-state index contributed by atoms with van der Waals surface area (Å²) in [5, 5.41) is 9.08. The molecular formula is C18H19F3O4. The topological polar surface area (TPSA) is 55.8 Å². The predicted octanol–water partition coefficient (Wildman–Crippen LogP) is 4.22. The highest BCUT2D eigenvalue weighted by molar-refractivity contribution is 5.95. The molecule has 1 saturated carbocycles. The normalized spacial score (nSPS) is 20.2. The van der Waals surface area contributed by atoms with E-state index in [-0.39, 0.29) is 5.75 Å². The summed E-state index contributed by atoms with van der Waals surface area (Å²) in [6.45, 7) is 2.44. The molecule has 1 aliphatic carbocycles. The zero-order valence-corrected chi connectivity index (χ0v) is 13.7. The Morgan fingerprint density at radius 3 is 2.60 bits per heavy atom. The molecule has 136 valence electrons. The van der Waals surface area contributed by atoms with Crippen molar-refractivity contribution in [3.63, 3.8) is 0 Å². The van der Waals surface area contributed by atoms with Crippen molar-refractivity contribution in [1.29, 1.82) is 0 Å². The fourth-order valence-electron chi connectivity index (χ4n) is 2.97. The van der Waals surface area contributed by atoms with E-state index in [1.54, 1.807) is 6.07 Å². The maximum atomic E-state index is 13.1. The van der Waals surface area contributed by atoms with Crippen LogP contribution in [-0.2, 0) is 11.2 Å². The lowest BCUT2D eigenvalue weighted by atomic mass is 9.86. The summed E-state index contributed by atoms with van der Waals surface area (Å²) < 4.78 is 50.2. The molecule has 1 heterocycles. The van der Waals surface area contributed by atoms with Crippen molar-refractivity contribution in [1.82, 2.24) is 0 Å². The van der Waals surface area contributed by atoms with Crippen LogP contribution in [0, 0.1) is 5.92 Å². The average molecular weight is 356 g/mol. The van der Waals surface area contributed by atoms with Crippen LogP contribution in [0.2, 0.25) is 0 Å². The zero-order chi connectivity index (χ0) is 18.2. The number of benzene rings is 1. The van der Waals surface area contributed by atoms with Crippen LogP contribution in [-0.4, -0.2) is 30.0 Å². The molecule has 7 heteroatoms. The SMILES string of the molecule is CCc1cc2c(cc1OCC1CCC1)OC(C(F)(F)F)C(C(=O)O)=C2. The van der Waals surface area contributed by atoms with Crippen LogP contribution in [0.25, 0.3) is 6.08 Å². The van der Waals surface area contributed by atoms with Gasteiger partial charge in [-0.25, -0.2) is 4.79 Å². The van der Waals surface area contributed by atoms with Gasteiger partial charge in [0.1, 0.15) is 11.5 Å². The van der Waals surface area contributed by atoms with Crippen molar-refractivity contribution in [3.8, 4) is 11.5 Å². The second kappa shape index (κ2) is 6.61. The van der Waals surface area contributed by atoms with Crippen LogP contribution in [0.15, 0.2) is 17.7 Å². The second-order valence-corrected chi connectivity index (χ2v) is 6.40. The van der Waals surface area contributed by atoms with Gasteiger partial charge in [0.2, 0.25) is 6.10 Å². The van der Waals surface area contributed by atoms with Gasteiger partial charge < -0.3 is 14.6 Å². The van der Waals surface area contributed by atoms with Gasteiger partial charge in [0.05, 0.1) is 12.2 Å². The van der Waals surface area contributed by atoms with E-state index in [0.717, 1.165) is 24.5 Å². The highest BCUT2D eigenvalue weighted by atomic mass is 19.4. The first-order valence-electron chi connectivity index (χ1n) is 8.27. The Bertz CT molecular complexity index is 705. The first-order chi connectivity index (χ1) is 11.8. The van der Waals surface area contributed by atoms with Gasteiger partial charge in [-0.2, -0.15) is 13.2 Å². The summed E-state index contributed by atoms with van der Waals surface area (Å²) in [5.74, 6) is -0.659. The Balaban J connectivity index is 1.94. The highest BCUT2D eigenvalue weighted by Crippen LogP contribution is 2.40. The summed E-state index contributed by atoms with van der Waals surface area (Å²) in [5.41, 5.74) is 0.323. The molecule has 3 rings (SSSR count). The molecular weight excluding hydrogens is 337 g/mol. The number of hydrogen-bond acceptors (Lipinski definition) is 3. The van der Waals surface area contributed by atoms with Crippen molar-refractivity contribution in [3.05, 3.63) is 28.8 Å². The Kier molecular flexibility index (Phi) is 4.67. The lowest BCUT2D eigenvalue weighted by molar-refractivity contribution is -0.187. The number of aliphatic carboxylic acids is 1. The first kappa shape index (κ1) is 17.6. The molecule has 0 amide bonds. The van der Waals surface area contributed by atoms with Crippen LogP contribution in [0.1, 0.15) is 37.3 Å². The third kappa shape index (κ3) is 3.60. The van der Waals surface area contributed by atoms with Crippen LogP contribution in [0.3, 0.4) is 0 Å². The number of hydrogen-bond donors (Lipinski definition) is 1. The minimum absolute atomic E-state index is 0.00636. The number of carboxylic acids is 1. The Morgan fingerprint density at radius 1 is 1.36 bits per heavy atom. The van der Waals surface area contributed by atoms with E-state index in [1.807, 2.05) is 6.92 Å². The summed E-state index contributed by atoms with van der Waals surface area (Å²) in [6, 6.07) is 3.08. The number of carbonyl (C=O) groups is 1. The van der Waals surface area contributed by atoms with Gasteiger partial charge in [-0.3, -0.25) is 0 Å². The second-order valence-electron chi connectivity index (χ2n) is 6.40. The van der Waals surface area contributed by atoms with Crippen molar-refractivity contribution in [2.24, 2.45) is 5.92 Å². The van der Waals surface area contributed by atoms with E-state index in [1.165, 1.54) is 12.5 Å². The molecule has 1 aromatic rings. The van der Waals surface area contributed by atoms with Crippen LogP contribution < -0.4 is 9.47 Å². The van der Waals surface area contributed by atoms with Gasteiger partial charge in [0, 0.05) is 11.6 Å². The number of halogens is 3. The fourth-order valence-corrected chi connectivity index (χ4v) is 2.97. The van der Waals surface area contributed by atoms with Crippen molar-refractivity contribution in [2.75, 3.05) is 6.61 Å². The van der Waals surface area contributed by atoms with Gasteiger partial charge in [-0.05, 0) is 42.9 Å². The smallest absolute Gasteiger partial charge is 0.430 e. The van der Waals surface area contributed by atoms with E-state index < -0.39 is 23.8 Å². The molecule has 4 nitrogen and oxygen atoms in total. The summed E-state index contributed by atoms with van der Waals surface area (Å²) >= 11 is 0. The monoisotopic (exact) mass is 356 g/mol. The quantitative estimate of drug-likeness (QED) is 0.858. The molecule has 1 N–H and O–H groups in total. The summed E-state index contributed by atoms with van der Waals surface area (Å²) in [4.78, 5) is 11.2. The molecule has 0 aromatic heterocycles. The lowest BCUT2D eigenvalue weighted by Crippen LogP contribution is -2.40. The predicted molar refractivity (Wildman–Crippen MR) is 84.7 cm³/mol. The van der Waals surface area contributed by atoms with Gasteiger partial charge in [0.25, 0.3) is 0 Å². The standard InChI is InChI=1S/C18H19F3O4/c1-2-11-6-12-7-13(17(22)23)16(18(19,20)21)25-15(12)8-14(11)24-9-10-4-3-5-10/h6-8,10,16H,2-5,9H2,1H3,(H,22,23). The van der Waals surface area contributed by atoms with E-state index in [9.17, 15) is 18.0 Å². The number of carboxylic acid groups (broad SMARTS) is 1. The van der Waals surface area contributed by atoms with Crippen molar-refractivity contribution < 1.29 is 32.5 Å². The summed E-state index contributed by atoms with van der Waals surface area (Å²) in [6.07, 6.45) is -2.26. The lowest BCUT2D eigenvalue weighted by Gasteiger charge is -2.29. The molecule has 0 spiro atoms. The maximum Gasteiger partial charge on any atom is 0.430 e. The molecule has 2 aliphatic rings. The Hall–Kier alpha value is -2.18. The molecule has 0 bridgehead atoms. The molecule has 0 saturated heterocycles. The minimum atomic E-state index is -4.81. The third-order valence-electron chi connectivity index (χ3n) is 4.66. The molecule has 1 atom stereocenters. The van der Waals surface area contributed by atoms with Gasteiger partial charge >= 0.3 is 12.1 Å². The maximum absolute atomic E-state index is 13.1. The third-order valence-corrected chi connectivity index (χ3v) is 4.66. The molecule has 0 radical (unpaired) electrons. The van der Waals surface area contributed by atoms with Crippen molar-refractivity contribution in [2.45, 2.75) is 44.9 Å². The average Bonchev–Trinajstić information content (AvgIpc) is 2.50. The van der Waals surface area contributed by atoms with Crippen LogP contribution >= 0.6 is 0 Å². The number of alkyl halides is 3. The van der Waals surface area contributed by atoms with E-state index in [2.05, 4.69) is 0 Å². The minimum Gasteiger partial charge on any atom is -0.493 e. The first-order valence-corrected chi connectivity index (χ1v) is 8.27. The zero-order valence-electron chi connectivity index (χ0n) is 13.7. The molecule has 25 heavy (non-hydrogen) atoms. The van der Waals surface area contributed by atoms with Crippen LogP contribution in [0.5, 0.6) is 11.5 Å². The number of aryl methyl sites for hydroxylation is 1. The van der Waals surface area contributed by atoms with E-state index in [4.69, 9.17) is 14.6 Å². The largest absolute Gasteiger partial charge is 0.493 e. The highest BCUT2D eigenvalue weighted by Gasteiger charge is 2.48. The summed E-state index contributed by atoms with van der Waals surface area (Å²) in [7, 11) is 0. The van der Waals surface area contributed by atoms with E-state index >= 15 is 0 Å². The molecule has 1 aromatic carbocycles. The number of ether oxygens (including phenoxy) is 2. The Morgan fingerprint density at radius 2 is 2.08 bits per heavy atom. The van der Waals surface area contributed by atoms with E-state index in [0.29, 0.717) is 30.3 Å². The fraction of sp³-hybridized carbons (Fsp3) is 0.500. The molecule has 1 aliphatic heterocycles. The number of rotatable bonds is 5. The molecule has 1 fully saturated rings. The number of fused-ring (bicyclic) bond motifs is 1. The van der Waals surface area contributed by atoms with Gasteiger partial charge in [0.15, 0.2) is 0 Å². The van der Waals surface area contributed by atoms with Crippen LogP contribution in [0.4, 0.5) is 13.2 Å². The molecule has 1 unspecified atom stereocenters. The van der Waals surface area contributed by atoms with Gasteiger partial charge in [-0.1, -0.05) is 13.3 Å². The van der Waals surface area contributed by atoms with Crippen molar-refractivity contribution >= 4 is 12.0 Å².